The largest absolute Gasteiger partial charge is 0.389 e. The molecule has 0 bridgehead atoms. The van der Waals surface area contributed by atoms with Crippen LogP contribution in [0.2, 0.25) is 0 Å². The van der Waals surface area contributed by atoms with Crippen LogP contribution in [-0.4, -0.2) is 10.7 Å². The summed E-state index contributed by atoms with van der Waals surface area (Å²) in [5.74, 6) is 0.395. The third-order valence-corrected chi connectivity index (χ3v) is 6.26. The van der Waals surface area contributed by atoms with Crippen LogP contribution in [0.5, 0.6) is 0 Å². The molecule has 3 rings (SSSR count). The van der Waals surface area contributed by atoms with Crippen LogP contribution in [-0.2, 0) is 0 Å². The third kappa shape index (κ3) is 3.58. The van der Waals surface area contributed by atoms with E-state index in [4.69, 9.17) is 0 Å². The van der Waals surface area contributed by atoms with E-state index in [9.17, 15) is 5.11 Å². The molecular formula is C24H33NO. The van der Waals surface area contributed by atoms with Crippen molar-refractivity contribution in [2.24, 2.45) is 11.8 Å². The molecule has 2 heteroatoms. The van der Waals surface area contributed by atoms with Crippen LogP contribution in [0.3, 0.4) is 0 Å². The van der Waals surface area contributed by atoms with Gasteiger partial charge in [-0.1, -0.05) is 94.3 Å². The molecule has 1 heterocycles. The fraction of sp³-hybridized carbons (Fsp3) is 0.500. The predicted octanol–water partition coefficient (Wildman–Crippen LogP) is 5.66. The first kappa shape index (κ1) is 19.1. The molecule has 0 aliphatic carbocycles. The van der Waals surface area contributed by atoms with Crippen molar-refractivity contribution in [1.82, 2.24) is 5.32 Å². The van der Waals surface area contributed by atoms with Crippen LogP contribution in [0.4, 0.5) is 0 Å². The molecule has 0 unspecified atom stereocenters. The zero-order chi connectivity index (χ0) is 18.6. The molecule has 0 amide bonds. The van der Waals surface area contributed by atoms with Gasteiger partial charge in [-0.05, 0) is 24.0 Å². The van der Waals surface area contributed by atoms with Gasteiger partial charge in [-0.3, -0.25) is 0 Å². The lowest BCUT2D eigenvalue weighted by Crippen LogP contribution is -2.58. The van der Waals surface area contributed by atoms with Gasteiger partial charge in [0.25, 0.3) is 0 Å². The average molecular weight is 352 g/mol. The van der Waals surface area contributed by atoms with Gasteiger partial charge in [-0.15, -0.1) is 0 Å². The molecule has 2 nitrogen and oxygen atoms in total. The number of piperidine rings is 1. The monoisotopic (exact) mass is 351 g/mol. The van der Waals surface area contributed by atoms with Crippen molar-refractivity contribution >= 4 is 0 Å². The highest BCUT2D eigenvalue weighted by atomic mass is 16.3. The van der Waals surface area contributed by atoms with Crippen LogP contribution in [0.25, 0.3) is 0 Å². The van der Waals surface area contributed by atoms with E-state index < -0.39 is 5.60 Å². The van der Waals surface area contributed by atoms with Crippen LogP contribution in [0, 0.1) is 11.8 Å². The molecule has 1 fully saturated rings. The molecule has 2 aromatic carbocycles. The summed E-state index contributed by atoms with van der Waals surface area (Å²) in [4.78, 5) is 0. The second kappa shape index (κ2) is 8.37. The number of benzene rings is 2. The highest BCUT2D eigenvalue weighted by molar-refractivity contribution is 5.28. The van der Waals surface area contributed by atoms with Gasteiger partial charge in [0.1, 0.15) is 0 Å². The quantitative estimate of drug-likeness (QED) is 0.704. The van der Waals surface area contributed by atoms with Crippen LogP contribution >= 0.6 is 0 Å². The molecule has 26 heavy (non-hydrogen) atoms. The Kier molecular flexibility index (Phi) is 6.16. The summed E-state index contributed by atoms with van der Waals surface area (Å²) in [5.41, 5.74) is 1.90. The highest BCUT2D eigenvalue weighted by Crippen LogP contribution is 2.50. The lowest BCUT2D eigenvalue weighted by molar-refractivity contribution is -0.125. The van der Waals surface area contributed by atoms with Gasteiger partial charge in [-0.2, -0.15) is 0 Å². The first-order chi connectivity index (χ1) is 12.6. The molecule has 1 aliphatic heterocycles. The third-order valence-electron chi connectivity index (χ3n) is 6.26. The highest BCUT2D eigenvalue weighted by Gasteiger charge is 2.51. The molecule has 0 radical (unpaired) electrons. The molecule has 2 N–H and O–H groups in total. The van der Waals surface area contributed by atoms with E-state index in [1.54, 1.807) is 0 Å². The first-order valence-corrected chi connectivity index (χ1v) is 10.2. The number of aliphatic hydroxyl groups is 1. The van der Waals surface area contributed by atoms with Crippen molar-refractivity contribution < 1.29 is 5.11 Å². The van der Waals surface area contributed by atoms with Crippen LogP contribution in [0.1, 0.15) is 69.7 Å². The summed E-state index contributed by atoms with van der Waals surface area (Å²) in [6, 6.07) is 21.6. The molecule has 1 saturated heterocycles. The van der Waals surface area contributed by atoms with Crippen LogP contribution in [0.15, 0.2) is 60.7 Å². The van der Waals surface area contributed by atoms with Crippen molar-refractivity contribution in [3.05, 3.63) is 71.8 Å². The minimum Gasteiger partial charge on any atom is -0.389 e. The first-order valence-electron chi connectivity index (χ1n) is 10.2. The summed E-state index contributed by atoms with van der Waals surface area (Å²) < 4.78 is 0. The summed E-state index contributed by atoms with van der Waals surface area (Å²) in [7, 11) is 0. The van der Waals surface area contributed by atoms with E-state index in [2.05, 4.69) is 86.8 Å². The van der Waals surface area contributed by atoms with Crippen molar-refractivity contribution in [1.29, 1.82) is 0 Å². The lowest BCUT2D eigenvalue weighted by Gasteiger charge is -2.53. The Bertz CT molecular complexity index is 671. The summed E-state index contributed by atoms with van der Waals surface area (Å²) in [6.45, 7) is 6.64. The van der Waals surface area contributed by atoms with E-state index in [0.717, 1.165) is 25.7 Å². The summed E-state index contributed by atoms with van der Waals surface area (Å²) >= 11 is 0. The van der Waals surface area contributed by atoms with Crippen molar-refractivity contribution in [2.45, 2.75) is 64.1 Å². The van der Waals surface area contributed by atoms with E-state index in [1.165, 1.54) is 11.1 Å². The molecule has 0 spiro atoms. The van der Waals surface area contributed by atoms with Crippen molar-refractivity contribution in [3.8, 4) is 0 Å². The van der Waals surface area contributed by atoms with Gasteiger partial charge in [0.05, 0.1) is 5.60 Å². The maximum absolute atomic E-state index is 12.0. The maximum atomic E-state index is 12.0. The predicted molar refractivity (Wildman–Crippen MR) is 109 cm³/mol. The number of hydrogen-bond donors (Lipinski definition) is 2. The molecule has 0 saturated carbocycles. The molecule has 1 aliphatic rings. The minimum atomic E-state index is -0.656. The zero-order valence-electron chi connectivity index (χ0n) is 16.4. The summed E-state index contributed by atoms with van der Waals surface area (Å²) in [6.07, 6.45) is 3.98. The fourth-order valence-electron chi connectivity index (χ4n) is 4.94. The Labute approximate surface area is 158 Å². The Hall–Kier alpha value is -1.64. The van der Waals surface area contributed by atoms with E-state index in [1.807, 2.05) is 0 Å². The van der Waals surface area contributed by atoms with Gasteiger partial charge in [0.15, 0.2) is 0 Å². The van der Waals surface area contributed by atoms with E-state index in [0.29, 0.717) is 0 Å². The normalized spacial score (nSPS) is 31.7. The molecule has 2 aromatic rings. The minimum absolute atomic E-state index is 0.158. The molecule has 140 valence electrons. The molecule has 0 aromatic heterocycles. The summed E-state index contributed by atoms with van der Waals surface area (Å²) in [5, 5.41) is 15.9. The fourth-order valence-corrected chi connectivity index (χ4v) is 4.94. The lowest BCUT2D eigenvalue weighted by atomic mass is 9.62. The van der Waals surface area contributed by atoms with E-state index in [-0.39, 0.29) is 23.9 Å². The topological polar surface area (TPSA) is 32.3 Å². The number of rotatable bonds is 6. The average Bonchev–Trinajstić information content (AvgIpc) is 2.68. The van der Waals surface area contributed by atoms with Gasteiger partial charge < -0.3 is 10.4 Å². The van der Waals surface area contributed by atoms with Crippen molar-refractivity contribution in [2.75, 3.05) is 0 Å². The van der Waals surface area contributed by atoms with E-state index >= 15 is 0 Å². The van der Waals surface area contributed by atoms with Gasteiger partial charge in [-0.25, -0.2) is 0 Å². The van der Waals surface area contributed by atoms with Crippen LogP contribution < -0.4 is 5.32 Å². The Morgan fingerprint density at radius 1 is 0.846 bits per heavy atom. The Morgan fingerprint density at radius 2 is 1.38 bits per heavy atom. The number of nitrogens with one attached hydrogen (secondary N) is 1. The van der Waals surface area contributed by atoms with Gasteiger partial charge in [0.2, 0.25) is 0 Å². The van der Waals surface area contributed by atoms with Gasteiger partial charge in [0, 0.05) is 23.9 Å². The second-order valence-electron chi connectivity index (χ2n) is 7.87. The number of hydrogen-bond acceptors (Lipinski definition) is 2. The van der Waals surface area contributed by atoms with Crippen molar-refractivity contribution in [3.63, 3.8) is 0 Å². The maximum Gasteiger partial charge on any atom is 0.0737 e. The Balaban J connectivity index is 2.06. The molecule has 5 atom stereocenters. The second-order valence-corrected chi connectivity index (χ2v) is 7.87. The SMILES string of the molecule is CCC[C@H]1[C@H](c2ccccc2)N[C@H](c2ccccc2)[C@H](C)[C@]1(O)CCC. The zero-order valence-corrected chi connectivity index (χ0v) is 16.4. The van der Waals surface area contributed by atoms with Gasteiger partial charge >= 0.3 is 0 Å². The smallest absolute Gasteiger partial charge is 0.0737 e. The molecular weight excluding hydrogens is 318 g/mol. The Morgan fingerprint density at radius 3 is 1.88 bits per heavy atom. The standard InChI is InChI=1S/C24H33NO/c1-4-12-21-23(20-15-10-7-11-16-20)25-22(19-13-8-6-9-14-19)18(3)24(21,26)17-5-2/h6-11,13-16,18,21-23,25-26H,4-5,12,17H2,1-3H3/t18-,21-,22-,23-,24+/m0/s1.